The largest absolute Gasteiger partial charge is 0.395 e. The van der Waals surface area contributed by atoms with Crippen molar-refractivity contribution in [2.75, 3.05) is 19.7 Å². The van der Waals surface area contributed by atoms with Crippen molar-refractivity contribution >= 4 is 17.5 Å². The molecule has 0 heterocycles. The van der Waals surface area contributed by atoms with E-state index in [0.29, 0.717) is 29.0 Å². The third-order valence-electron chi connectivity index (χ3n) is 5.72. The Labute approximate surface area is 137 Å². The third-order valence-corrected chi connectivity index (χ3v) is 5.97. The molecule has 120 valence electrons. The molecule has 22 heavy (non-hydrogen) atoms. The molecule has 0 unspecified atom stereocenters. The molecule has 0 aromatic heterocycles. The Kier molecular flexibility index (Phi) is 4.74. The molecule has 2 aliphatic rings. The maximum Gasteiger partial charge on any atom is 0.253 e. The van der Waals surface area contributed by atoms with Gasteiger partial charge in [0.05, 0.1) is 6.61 Å². The summed E-state index contributed by atoms with van der Waals surface area (Å²) in [5, 5.41) is 9.96. The van der Waals surface area contributed by atoms with Gasteiger partial charge in [0.15, 0.2) is 0 Å². The minimum atomic E-state index is 0.000639. The summed E-state index contributed by atoms with van der Waals surface area (Å²) in [5.41, 5.74) is 0.647. The van der Waals surface area contributed by atoms with Crippen molar-refractivity contribution in [3.8, 4) is 0 Å². The highest BCUT2D eigenvalue weighted by Gasteiger charge is 2.45. The van der Waals surface area contributed by atoms with Gasteiger partial charge < -0.3 is 10.0 Å². The summed E-state index contributed by atoms with van der Waals surface area (Å²) in [6.07, 6.45) is 3.99. The van der Waals surface area contributed by atoms with E-state index in [9.17, 15) is 9.90 Å². The first kappa shape index (κ1) is 15.8. The molecule has 0 radical (unpaired) electrons. The van der Waals surface area contributed by atoms with Crippen LogP contribution >= 0.6 is 11.6 Å². The molecule has 2 aliphatic carbocycles. The summed E-state index contributed by atoms with van der Waals surface area (Å²) in [7, 11) is 0. The molecule has 1 N–H and O–H groups in total. The molecular weight excluding hydrogens is 298 g/mol. The topological polar surface area (TPSA) is 40.5 Å². The third kappa shape index (κ3) is 3.02. The van der Waals surface area contributed by atoms with Gasteiger partial charge in [-0.2, -0.15) is 0 Å². The van der Waals surface area contributed by atoms with E-state index in [-0.39, 0.29) is 12.5 Å². The SMILES string of the molecule is C[C@@H]1[C@H]2CC[C@@H](C2)[C@@H]1CN(CCO)C(=O)c1ccc(Cl)cc1. The lowest BCUT2D eigenvalue weighted by molar-refractivity contribution is 0.0633. The number of hydrogen-bond acceptors (Lipinski definition) is 2. The Balaban J connectivity index is 1.72. The first-order chi connectivity index (χ1) is 10.6. The number of carbonyl (C=O) groups excluding carboxylic acids is 1. The number of benzene rings is 1. The number of rotatable bonds is 5. The van der Waals surface area contributed by atoms with Crippen LogP contribution in [-0.2, 0) is 0 Å². The zero-order valence-corrected chi connectivity index (χ0v) is 13.8. The van der Waals surface area contributed by atoms with Crippen LogP contribution in [0.3, 0.4) is 0 Å². The fourth-order valence-electron chi connectivity index (χ4n) is 4.44. The molecule has 4 atom stereocenters. The van der Waals surface area contributed by atoms with Crippen molar-refractivity contribution in [2.24, 2.45) is 23.7 Å². The molecule has 4 heteroatoms. The average Bonchev–Trinajstić information content (AvgIpc) is 3.10. The van der Waals surface area contributed by atoms with Crippen LogP contribution in [0, 0.1) is 23.7 Å². The number of nitrogens with zero attached hydrogens (tertiary/aromatic N) is 1. The lowest BCUT2D eigenvalue weighted by Gasteiger charge is -2.33. The van der Waals surface area contributed by atoms with E-state index in [4.69, 9.17) is 11.6 Å². The van der Waals surface area contributed by atoms with E-state index in [1.54, 1.807) is 24.3 Å². The fraction of sp³-hybridized carbons (Fsp3) is 0.611. The maximum absolute atomic E-state index is 12.7. The van der Waals surface area contributed by atoms with E-state index < -0.39 is 0 Å². The van der Waals surface area contributed by atoms with Gasteiger partial charge in [0.2, 0.25) is 0 Å². The summed E-state index contributed by atoms with van der Waals surface area (Å²) in [6, 6.07) is 7.01. The van der Waals surface area contributed by atoms with Crippen molar-refractivity contribution in [1.82, 2.24) is 4.90 Å². The number of amides is 1. The van der Waals surface area contributed by atoms with Gasteiger partial charge in [0.1, 0.15) is 0 Å². The molecule has 1 aromatic carbocycles. The minimum absolute atomic E-state index is 0.000639. The number of carbonyl (C=O) groups is 1. The quantitative estimate of drug-likeness (QED) is 0.902. The molecule has 0 aliphatic heterocycles. The fourth-order valence-corrected chi connectivity index (χ4v) is 4.57. The smallest absolute Gasteiger partial charge is 0.253 e. The molecule has 2 fully saturated rings. The van der Waals surface area contributed by atoms with Crippen molar-refractivity contribution in [3.63, 3.8) is 0 Å². The Morgan fingerprint density at radius 2 is 1.95 bits per heavy atom. The van der Waals surface area contributed by atoms with E-state index in [1.165, 1.54) is 19.3 Å². The number of aliphatic hydroxyl groups excluding tert-OH is 1. The maximum atomic E-state index is 12.7. The van der Waals surface area contributed by atoms with Crippen LogP contribution in [-0.4, -0.2) is 35.6 Å². The van der Waals surface area contributed by atoms with Gasteiger partial charge in [-0.3, -0.25) is 4.79 Å². The summed E-state index contributed by atoms with van der Waals surface area (Å²) < 4.78 is 0. The molecular formula is C18H24ClNO2. The molecule has 3 rings (SSSR count). The van der Waals surface area contributed by atoms with Gasteiger partial charge in [-0.15, -0.1) is 0 Å². The second-order valence-corrected chi connectivity index (χ2v) is 7.27. The monoisotopic (exact) mass is 321 g/mol. The Morgan fingerprint density at radius 3 is 2.55 bits per heavy atom. The summed E-state index contributed by atoms with van der Waals surface area (Å²) in [5.74, 6) is 2.89. The van der Waals surface area contributed by atoms with Crippen molar-refractivity contribution < 1.29 is 9.90 Å². The first-order valence-corrected chi connectivity index (χ1v) is 8.63. The van der Waals surface area contributed by atoms with Gasteiger partial charge in [0, 0.05) is 23.7 Å². The second-order valence-electron chi connectivity index (χ2n) is 6.84. The predicted molar refractivity (Wildman–Crippen MR) is 87.9 cm³/mol. The lowest BCUT2D eigenvalue weighted by atomic mass is 9.80. The Morgan fingerprint density at radius 1 is 1.27 bits per heavy atom. The normalized spacial score (nSPS) is 29.8. The number of hydrogen-bond donors (Lipinski definition) is 1. The van der Waals surface area contributed by atoms with E-state index in [1.807, 2.05) is 4.90 Å². The van der Waals surface area contributed by atoms with Crippen molar-refractivity contribution in [1.29, 1.82) is 0 Å². The zero-order chi connectivity index (χ0) is 15.7. The van der Waals surface area contributed by atoms with Crippen LogP contribution in [0.15, 0.2) is 24.3 Å². The molecule has 2 bridgehead atoms. The highest BCUT2D eigenvalue weighted by Crippen LogP contribution is 2.52. The first-order valence-electron chi connectivity index (χ1n) is 8.26. The minimum Gasteiger partial charge on any atom is -0.395 e. The summed E-state index contributed by atoms with van der Waals surface area (Å²) in [4.78, 5) is 14.5. The van der Waals surface area contributed by atoms with Gasteiger partial charge in [-0.05, 0) is 67.2 Å². The van der Waals surface area contributed by atoms with E-state index >= 15 is 0 Å². The van der Waals surface area contributed by atoms with Gasteiger partial charge in [-0.1, -0.05) is 18.5 Å². The van der Waals surface area contributed by atoms with Crippen LogP contribution < -0.4 is 0 Å². The van der Waals surface area contributed by atoms with Gasteiger partial charge in [0.25, 0.3) is 5.91 Å². The molecule has 0 spiro atoms. The van der Waals surface area contributed by atoms with Crippen molar-refractivity contribution in [2.45, 2.75) is 26.2 Å². The molecule has 3 nitrogen and oxygen atoms in total. The van der Waals surface area contributed by atoms with Crippen LogP contribution in [0.5, 0.6) is 0 Å². The molecule has 1 aromatic rings. The van der Waals surface area contributed by atoms with Gasteiger partial charge in [-0.25, -0.2) is 0 Å². The van der Waals surface area contributed by atoms with Crippen LogP contribution in [0.1, 0.15) is 36.5 Å². The standard InChI is InChI=1S/C18H24ClNO2/c1-12-14-2-3-15(10-14)17(12)11-20(8-9-21)18(22)13-4-6-16(19)7-5-13/h4-7,12,14-15,17,21H,2-3,8-11H2,1H3/t12-,14+,15+,17-/m1/s1. The van der Waals surface area contributed by atoms with E-state index in [0.717, 1.165) is 18.4 Å². The summed E-state index contributed by atoms with van der Waals surface area (Å²) >= 11 is 5.89. The van der Waals surface area contributed by atoms with E-state index in [2.05, 4.69) is 6.92 Å². The molecule has 2 saturated carbocycles. The average molecular weight is 322 g/mol. The van der Waals surface area contributed by atoms with Gasteiger partial charge >= 0.3 is 0 Å². The highest BCUT2D eigenvalue weighted by atomic mass is 35.5. The predicted octanol–water partition coefficient (Wildman–Crippen LogP) is 3.46. The van der Waals surface area contributed by atoms with Crippen molar-refractivity contribution in [3.05, 3.63) is 34.9 Å². The molecule has 1 amide bonds. The Hall–Kier alpha value is -1.06. The van der Waals surface area contributed by atoms with Crippen LogP contribution in [0.25, 0.3) is 0 Å². The number of aliphatic hydroxyl groups is 1. The Bertz CT molecular complexity index is 528. The van der Waals surface area contributed by atoms with Crippen LogP contribution in [0.4, 0.5) is 0 Å². The zero-order valence-electron chi connectivity index (χ0n) is 13.0. The number of halogens is 1. The lowest BCUT2D eigenvalue weighted by Crippen LogP contribution is -2.40. The highest BCUT2D eigenvalue weighted by molar-refractivity contribution is 6.30. The van der Waals surface area contributed by atoms with Crippen LogP contribution in [0.2, 0.25) is 5.02 Å². The number of fused-ring (bicyclic) bond motifs is 2. The molecule has 0 saturated heterocycles. The summed E-state index contributed by atoms with van der Waals surface area (Å²) in [6.45, 7) is 3.51. The second kappa shape index (κ2) is 6.59.